The highest BCUT2D eigenvalue weighted by atomic mass is 79.9. The Balaban J connectivity index is 2.22. The molecule has 0 unspecified atom stereocenters. The fourth-order valence-corrected chi connectivity index (χ4v) is 2.51. The van der Waals surface area contributed by atoms with Crippen molar-refractivity contribution in [1.82, 2.24) is 5.32 Å². The standard InChI is InChI=1S/C16H18BrNO2/c1-18-10-13-8-9-14(19-2)16(15(13)17)20-11-12-6-4-3-5-7-12/h3-9,18H,10-11H2,1-2H3. The van der Waals surface area contributed by atoms with Gasteiger partial charge in [-0.25, -0.2) is 0 Å². The molecule has 0 spiro atoms. The molecular formula is C16H18BrNO2. The van der Waals surface area contributed by atoms with Gasteiger partial charge in [-0.05, 0) is 40.2 Å². The molecule has 20 heavy (non-hydrogen) atoms. The van der Waals surface area contributed by atoms with Crippen molar-refractivity contribution in [1.29, 1.82) is 0 Å². The summed E-state index contributed by atoms with van der Waals surface area (Å²) < 4.78 is 12.2. The van der Waals surface area contributed by atoms with Gasteiger partial charge in [0.1, 0.15) is 6.61 Å². The molecule has 2 aromatic rings. The topological polar surface area (TPSA) is 30.5 Å². The molecule has 2 aromatic carbocycles. The van der Waals surface area contributed by atoms with Gasteiger partial charge in [-0.15, -0.1) is 0 Å². The molecule has 3 nitrogen and oxygen atoms in total. The minimum Gasteiger partial charge on any atom is -0.493 e. The molecule has 0 radical (unpaired) electrons. The zero-order valence-corrected chi connectivity index (χ0v) is 13.2. The fourth-order valence-electron chi connectivity index (χ4n) is 1.93. The first-order chi connectivity index (χ1) is 9.76. The lowest BCUT2D eigenvalue weighted by Crippen LogP contribution is -2.07. The maximum absolute atomic E-state index is 5.93. The van der Waals surface area contributed by atoms with Crippen LogP contribution >= 0.6 is 15.9 Å². The summed E-state index contributed by atoms with van der Waals surface area (Å²) in [5.74, 6) is 1.47. The molecule has 0 aliphatic rings. The van der Waals surface area contributed by atoms with Crippen molar-refractivity contribution in [2.75, 3.05) is 14.2 Å². The van der Waals surface area contributed by atoms with Gasteiger partial charge in [-0.3, -0.25) is 0 Å². The lowest BCUT2D eigenvalue weighted by atomic mass is 10.2. The third kappa shape index (κ3) is 3.52. The lowest BCUT2D eigenvalue weighted by molar-refractivity contribution is 0.282. The minimum absolute atomic E-state index is 0.513. The van der Waals surface area contributed by atoms with Gasteiger partial charge in [0, 0.05) is 6.54 Å². The van der Waals surface area contributed by atoms with Gasteiger partial charge in [0.15, 0.2) is 11.5 Å². The number of hydrogen-bond donors (Lipinski definition) is 1. The van der Waals surface area contributed by atoms with Crippen LogP contribution in [0.4, 0.5) is 0 Å². The van der Waals surface area contributed by atoms with Crippen LogP contribution in [0.1, 0.15) is 11.1 Å². The van der Waals surface area contributed by atoms with E-state index in [0.717, 1.165) is 33.6 Å². The molecule has 0 heterocycles. The Hall–Kier alpha value is -1.52. The van der Waals surface area contributed by atoms with Crippen LogP contribution in [-0.4, -0.2) is 14.2 Å². The Morgan fingerprint density at radius 2 is 1.85 bits per heavy atom. The van der Waals surface area contributed by atoms with Crippen molar-refractivity contribution in [3.8, 4) is 11.5 Å². The summed E-state index contributed by atoms with van der Waals surface area (Å²) in [6, 6.07) is 14.0. The quantitative estimate of drug-likeness (QED) is 0.871. The van der Waals surface area contributed by atoms with Crippen molar-refractivity contribution in [2.24, 2.45) is 0 Å². The van der Waals surface area contributed by atoms with E-state index in [0.29, 0.717) is 6.61 Å². The van der Waals surface area contributed by atoms with Crippen molar-refractivity contribution in [3.05, 3.63) is 58.1 Å². The van der Waals surface area contributed by atoms with Crippen LogP contribution in [0, 0.1) is 0 Å². The maximum atomic E-state index is 5.93. The SMILES string of the molecule is CNCc1ccc(OC)c(OCc2ccccc2)c1Br. The predicted molar refractivity (Wildman–Crippen MR) is 84.2 cm³/mol. The first-order valence-electron chi connectivity index (χ1n) is 6.43. The fraction of sp³-hybridized carbons (Fsp3) is 0.250. The molecule has 0 aliphatic heterocycles. The van der Waals surface area contributed by atoms with Crippen LogP contribution in [0.3, 0.4) is 0 Å². The van der Waals surface area contributed by atoms with Gasteiger partial charge in [0.25, 0.3) is 0 Å². The number of ether oxygens (including phenoxy) is 2. The molecule has 2 rings (SSSR count). The van der Waals surface area contributed by atoms with Crippen LogP contribution in [-0.2, 0) is 13.2 Å². The highest BCUT2D eigenvalue weighted by molar-refractivity contribution is 9.10. The van der Waals surface area contributed by atoms with Crippen LogP contribution in [0.15, 0.2) is 46.9 Å². The molecule has 1 N–H and O–H groups in total. The van der Waals surface area contributed by atoms with E-state index in [2.05, 4.69) is 21.2 Å². The van der Waals surface area contributed by atoms with Crippen molar-refractivity contribution in [2.45, 2.75) is 13.2 Å². The van der Waals surface area contributed by atoms with Gasteiger partial charge in [0.05, 0.1) is 11.6 Å². The zero-order chi connectivity index (χ0) is 14.4. The van der Waals surface area contributed by atoms with E-state index in [4.69, 9.17) is 9.47 Å². The predicted octanol–water partition coefficient (Wildman–Crippen LogP) is 3.76. The third-order valence-electron chi connectivity index (χ3n) is 2.95. The monoisotopic (exact) mass is 335 g/mol. The third-order valence-corrected chi connectivity index (χ3v) is 3.82. The van der Waals surface area contributed by atoms with E-state index < -0.39 is 0 Å². The number of nitrogens with one attached hydrogen (secondary N) is 1. The van der Waals surface area contributed by atoms with Crippen molar-refractivity contribution < 1.29 is 9.47 Å². The molecule has 0 bridgehead atoms. The second-order valence-corrected chi connectivity index (χ2v) is 5.17. The second kappa shape index (κ2) is 7.31. The van der Waals surface area contributed by atoms with Crippen LogP contribution in [0.5, 0.6) is 11.5 Å². The highest BCUT2D eigenvalue weighted by Crippen LogP contribution is 2.38. The highest BCUT2D eigenvalue weighted by Gasteiger charge is 2.13. The molecule has 4 heteroatoms. The van der Waals surface area contributed by atoms with E-state index in [-0.39, 0.29) is 0 Å². The first-order valence-corrected chi connectivity index (χ1v) is 7.22. The average molecular weight is 336 g/mol. The number of rotatable bonds is 6. The Labute approximate surface area is 128 Å². The van der Waals surface area contributed by atoms with Crippen LogP contribution in [0.25, 0.3) is 0 Å². The summed E-state index contributed by atoms with van der Waals surface area (Å²) in [6.07, 6.45) is 0. The molecule has 0 saturated heterocycles. The molecule has 0 aliphatic carbocycles. The largest absolute Gasteiger partial charge is 0.493 e. The van der Waals surface area contributed by atoms with Crippen molar-refractivity contribution in [3.63, 3.8) is 0 Å². The molecular weight excluding hydrogens is 318 g/mol. The molecule has 0 atom stereocenters. The van der Waals surface area contributed by atoms with Gasteiger partial charge >= 0.3 is 0 Å². The lowest BCUT2D eigenvalue weighted by Gasteiger charge is -2.15. The van der Waals surface area contributed by atoms with E-state index in [9.17, 15) is 0 Å². The van der Waals surface area contributed by atoms with Crippen LogP contribution < -0.4 is 14.8 Å². The molecule has 0 fully saturated rings. The Kier molecular flexibility index (Phi) is 5.44. The number of hydrogen-bond acceptors (Lipinski definition) is 3. The summed E-state index contributed by atoms with van der Waals surface area (Å²) in [5.41, 5.74) is 2.26. The Morgan fingerprint density at radius 1 is 1.10 bits per heavy atom. The molecule has 0 amide bonds. The second-order valence-electron chi connectivity index (χ2n) is 4.37. The van der Waals surface area contributed by atoms with E-state index in [1.54, 1.807) is 7.11 Å². The summed E-state index contributed by atoms with van der Waals surface area (Å²) in [7, 11) is 3.57. The smallest absolute Gasteiger partial charge is 0.176 e. The summed E-state index contributed by atoms with van der Waals surface area (Å²) in [6.45, 7) is 1.28. The number of halogens is 1. The van der Waals surface area contributed by atoms with E-state index in [1.807, 2.05) is 49.5 Å². The maximum Gasteiger partial charge on any atom is 0.176 e. The van der Waals surface area contributed by atoms with E-state index >= 15 is 0 Å². The van der Waals surface area contributed by atoms with Gasteiger partial charge < -0.3 is 14.8 Å². The summed E-state index contributed by atoms with van der Waals surface area (Å²) >= 11 is 3.60. The Morgan fingerprint density at radius 3 is 2.50 bits per heavy atom. The molecule has 0 saturated carbocycles. The minimum atomic E-state index is 0.513. The number of methoxy groups -OCH3 is 1. The molecule has 0 aromatic heterocycles. The van der Waals surface area contributed by atoms with Gasteiger partial charge in [-0.2, -0.15) is 0 Å². The van der Waals surface area contributed by atoms with Crippen LogP contribution in [0.2, 0.25) is 0 Å². The average Bonchev–Trinajstić information content (AvgIpc) is 2.49. The number of benzene rings is 2. The molecule has 106 valence electrons. The summed E-state index contributed by atoms with van der Waals surface area (Å²) in [5, 5.41) is 3.14. The van der Waals surface area contributed by atoms with E-state index in [1.165, 1.54) is 0 Å². The summed E-state index contributed by atoms with van der Waals surface area (Å²) in [4.78, 5) is 0. The Bertz CT molecular complexity index is 558. The van der Waals surface area contributed by atoms with Gasteiger partial charge in [-0.1, -0.05) is 36.4 Å². The first kappa shape index (κ1) is 14.9. The van der Waals surface area contributed by atoms with Gasteiger partial charge in [0.2, 0.25) is 0 Å². The zero-order valence-electron chi connectivity index (χ0n) is 11.7. The van der Waals surface area contributed by atoms with Crippen molar-refractivity contribution >= 4 is 15.9 Å². The normalized spacial score (nSPS) is 10.3.